The molecule has 1 aromatic heterocycles. The van der Waals surface area contributed by atoms with Crippen LogP contribution in [0.3, 0.4) is 0 Å². The van der Waals surface area contributed by atoms with Crippen molar-refractivity contribution in [1.29, 1.82) is 0 Å². The molecule has 3 aromatic rings. The number of hydrogen-bond acceptors (Lipinski definition) is 10. The Hall–Kier alpha value is -3.47. The van der Waals surface area contributed by atoms with Crippen LogP contribution in [0.5, 0.6) is 17.2 Å². The van der Waals surface area contributed by atoms with E-state index in [1.807, 2.05) is 0 Å². The largest absolute Gasteiger partial charge is 0.870 e. The molecule has 12 nitrogen and oxygen atoms in total. The van der Waals surface area contributed by atoms with Crippen LogP contribution in [0.15, 0.2) is 48.8 Å². The van der Waals surface area contributed by atoms with Crippen molar-refractivity contribution in [2.24, 2.45) is 5.92 Å². The van der Waals surface area contributed by atoms with Crippen molar-refractivity contribution in [3.63, 3.8) is 0 Å². The summed E-state index contributed by atoms with van der Waals surface area (Å²) in [6.07, 6.45) is 5.60. The average molecular weight is 777 g/mol. The maximum Gasteiger partial charge on any atom is 0.387 e. The number of nitrogens with zero attached hydrogens (tertiary/aromatic N) is 2. The molecular weight excluding hydrogens is 735 g/mol. The van der Waals surface area contributed by atoms with E-state index < -0.39 is 28.7 Å². The first-order valence-corrected chi connectivity index (χ1v) is 18.8. The number of pyridine rings is 1. The van der Waals surface area contributed by atoms with Crippen LogP contribution in [0.1, 0.15) is 46.9 Å². The number of carbonyl (C=O) groups is 1. The molecule has 1 atom stereocenters. The fourth-order valence-corrected chi connectivity index (χ4v) is 7.04. The van der Waals surface area contributed by atoms with E-state index >= 15 is 0 Å². The van der Waals surface area contributed by atoms with Crippen LogP contribution in [-0.2, 0) is 25.9 Å². The normalized spacial score (nSPS) is 15.5. The Labute approximate surface area is 305 Å². The molecule has 2 aromatic carbocycles. The quantitative estimate of drug-likeness (QED) is 0.157. The fraction of sp³-hybridized carbons (Fsp3) is 0.471. The van der Waals surface area contributed by atoms with E-state index in [0.29, 0.717) is 49.8 Å². The van der Waals surface area contributed by atoms with Gasteiger partial charge in [0.05, 0.1) is 44.4 Å². The Kier molecular flexibility index (Phi) is 14.5. The Morgan fingerprint density at radius 2 is 1.75 bits per heavy atom. The monoisotopic (exact) mass is 775 g/mol. The lowest BCUT2D eigenvalue weighted by molar-refractivity contribution is -0.377. The molecule has 0 amide bonds. The van der Waals surface area contributed by atoms with Crippen LogP contribution in [0.25, 0.3) is 0 Å². The minimum atomic E-state index is -3.79. The number of sulfonamides is 1. The number of halogens is 4. The minimum Gasteiger partial charge on any atom is -0.870 e. The zero-order chi connectivity index (χ0) is 35.8. The number of methoxy groups -OCH3 is 1. The third kappa shape index (κ3) is 11.3. The van der Waals surface area contributed by atoms with Crippen molar-refractivity contribution in [3.05, 3.63) is 75.5 Å². The number of aromatic nitrogens is 1. The van der Waals surface area contributed by atoms with Crippen LogP contribution in [0, 0.1) is 5.92 Å². The lowest BCUT2D eigenvalue weighted by Crippen LogP contribution is -2.39. The predicted molar refractivity (Wildman–Crippen MR) is 185 cm³/mol. The number of morpholine rings is 1. The van der Waals surface area contributed by atoms with Gasteiger partial charge < -0.3 is 29.2 Å². The molecule has 1 aliphatic heterocycles. The molecular formula is C34H41Cl2F2N3O9S. The zero-order valence-corrected chi connectivity index (χ0v) is 30.5. The molecule has 0 radical (unpaired) electrons. The summed E-state index contributed by atoms with van der Waals surface area (Å²) >= 11 is 12.9. The molecule has 280 valence electrons. The van der Waals surface area contributed by atoms with Crippen molar-refractivity contribution in [1.82, 2.24) is 4.90 Å². The molecule has 1 saturated carbocycles. The number of aromatic amines is 1. The second-order valence-corrected chi connectivity index (χ2v) is 14.8. The van der Waals surface area contributed by atoms with E-state index in [1.165, 1.54) is 60.2 Å². The van der Waals surface area contributed by atoms with Gasteiger partial charge in [-0.3, -0.25) is 9.21 Å². The third-order valence-corrected chi connectivity index (χ3v) is 10.2. The average Bonchev–Trinajstić information content (AvgIpc) is 3.91. The van der Waals surface area contributed by atoms with E-state index in [1.54, 1.807) is 0 Å². The summed E-state index contributed by atoms with van der Waals surface area (Å²) < 4.78 is 81.3. The highest BCUT2D eigenvalue weighted by Crippen LogP contribution is 2.39. The maximum atomic E-state index is 13.9. The number of benzene rings is 2. The topological polar surface area (TPSA) is 148 Å². The first-order chi connectivity index (χ1) is 23.9. The third-order valence-electron chi connectivity index (χ3n) is 8.39. The summed E-state index contributed by atoms with van der Waals surface area (Å²) in [6, 6.07) is 8.71. The first-order valence-electron chi connectivity index (χ1n) is 16.1. The summed E-state index contributed by atoms with van der Waals surface area (Å²) in [4.78, 5) is 18.9. The molecule has 5 rings (SSSR count). The van der Waals surface area contributed by atoms with E-state index in [0.717, 1.165) is 32.2 Å². The van der Waals surface area contributed by atoms with E-state index in [9.17, 15) is 22.0 Å². The summed E-state index contributed by atoms with van der Waals surface area (Å²) in [5.41, 5.74) is 1.10. The van der Waals surface area contributed by atoms with Gasteiger partial charge in [0.1, 0.15) is 21.9 Å². The van der Waals surface area contributed by atoms with Crippen molar-refractivity contribution in [2.75, 3.05) is 63.7 Å². The fourth-order valence-electron chi connectivity index (χ4n) is 5.54. The van der Waals surface area contributed by atoms with Crippen LogP contribution in [0.2, 0.25) is 10.0 Å². The lowest BCUT2D eigenvalue weighted by atomic mass is 10.0. The lowest BCUT2D eigenvalue weighted by Gasteiger charge is -2.29. The molecule has 0 spiro atoms. The van der Waals surface area contributed by atoms with E-state index in [4.69, 9.17) is 46.9 Å². The van der Waals surface area contributed by atoms with Gasteiger partial charge in [0.2, 0.25) is 10.0 Å². The standard InChI is InChI=1S/C34H39Cl2F2N3O8S.H2O/c1-45-29-8-7-24(16-28(29)41(50(2,43)44)11-3-10-40-12-14-46-15-13-40)33(42)48-31(18-25-26(35)19-39-20-27(25)36)23-6-9-30(49-34(37)38)32(17-23)47-21-22-4-5-22;/h6-9,16-17,19-20,22,31,34H,3-5,10-15,18,21H2,1-2H3;1H2/t31-;/m0./s1. The van der Waals surface area contributed by atoms with Gasteiger partial charge in [-0.2, -0.15) is 8.78 Å². The SMILES string of the molecule is COc1ccc(C(=O)O[C@@H](Cc2c(Cl)c[nH+]cc2Cl)c2ccc(OC(F)F)c(OCC3CC3)c2)cc1N(CCCN1CCOCC1)S(C)(=O)=O.[OH-]. The number of ether oxygens (including phenoxy) is 5. The number of rotatable bonds is 17. The molecule has 2 N–H and O–H groups in total. The van der Waals surface area contributed by atoms with Crippen molar-refractivity contribution in [3.8, 4) is 17.2 Å². The molecule has 51 heavy (non-hydrogen) atoms. The van der Waals surface area contributed by atoms with Gasteiger partial charge in [-0.05, 0) is 61.1 Å². The maximum absolute atomic E-state index is 13.9. The smallest absolute Gasteiger partial charge is 0.387 e. The zero-order valence-electron chi connectivity index (χ0n) is 28.2. The van der Waals surface area contributed by atoms with Crippen LogP contribution in [0.4, 0.5) is 14.5 Å². The van der Waals surface area contributed by atoms with Crippen molar-refractivity contribution in [2.45, 2.75) is 38.4 Å². The van der Waals surface area contributed by atoms with Gasteiger partial charge >= 0.3 is 12.6 Å². The molecule has 17 heteroatoms. The predicted octanol–water partition coefficient (Wildman–Crippen LogP) is 5.66. The Balaban J connectivity index is 0.00000583. The van der Waals surface area contributed by atoms with E-state index in [2.05, 4.69) is 9.88 Å². The molecule has 0 unspecified atom stereocenters. The summed E-state index contributed by atoms with van der Waals surface area (Å²) in [6.45, 7) is 0.820. The van der Waals surface area contributed by atoms with Crippen molar-refractivity contribution >= 4 is 44.9 Å². The summed E-state index contributed by atoms with van der Waals surface area (Å²) in [5, 5.41) is 0.572. The number of carbonyl (C=O) groups excluding carboxylic acids is 1. The second-order valence-electron chi connectivity index (χ2n) is 12.1. The Morgan fingerprint density at radius 1 is 1.06 bits per heavy atom. The molecule has 0 bridgehead atoms. The van der Waals surface area contributed by atoms with Crippen molar-refractivity contribution < 1.29 is 56.1 Å². The number of anilines is 1. The van der Waals surface area contributed by atoms with Gasteiger partial charge in [-0.25, -0.2) is 18.2 Å². The number of nitrogens with one attached hydrogen (secondary N) is 1. The molecule has 1 saturated heterocycles. The highest BCUT2D eigenvalue weighted by atomic mass is 35.5. The second kappa shape index (κ2) is 18.3. The van der Waals surface area contributed by atoms with Gasteiger partial charge in [0.15, 0.2) is 23.9 Å². The van der Waals surface area contributed by atoms with Gasteiger partial charge in [0, 0.05) is 38.2 Å². The molecule has 2 aliphatic rings. The molecule has 2 heterocycles. The summed E-state index contributed by atoms with van der Waals surface area (Å²) in [5.74, 6) is -0.305. The highest BCUT2D eigenvalue weighted by molar-refractivity contribution is 7.92. The minimum absolute atomic E-state index is 0. The van der Waals surface area contributed by atoms with Gasteiger partial charge in [0.25, 0.3) is 0 Å². The molecule has 1 aliphatic carbocycles. The van der Waals surface area contributed by atoms with Gasteiger partial charge in [-0.1, -0.05) is 29.3 Å². The molecule has 2 fully saturated rings. The highest BCUT2D eigenvalue weighted by Gasteiger charge is 2.28. The Morgan fingerprint density at radius 3 is 2.37 bits per heavy atom. The first kappa shape index (κ1) is 40.3. The number of alkyl halides is 2. The Bertz CT molecular complexity index is 1730. The summed E-state index contributed by atoms with van der Waals surface area (Å²) in [7, 11) is -2.38. The van der Waals surface area contributed by atoms with Crippen LogP contribution >= 0.6 is 23.2 Å². The van der Waals surface area contributed by atoms with Crippen LogP contribution < -0.4 is 23.5 Å². The van der Waals surface area contributed by atoms with Crippen LogP contribution in [-0.4, -0.2) is 90.7 Å². The van der Waals surface area contributed by atoms with E-state index in [-0.39, 0.29) is 57.0 Å². The van der Waals surface area contributed by atoms with Gasteiger partial charge in [-0.15, -0.1) is 0 Å². The number of H-pyrrole nitrogens is 1. The number of esters is 1. The number of hydrogen-bond donors (Lipinski definition) is 0.